The van der Waals surface area contributed by atoms with E-state index in [1.807, 2.05) is 30.7 Å². The number of nitriles is 1. The van der Waals surface area contributed by atoms with Crippen molar-refractivity contribution >= 4 is 5.69 Å². The topological polar surface area (TPSA) is 66.8 Å². The number of anilines is 1. The monoisotopic (exact) mass is 258 g/mol. The Morgan fingerprint density at radius 3 is 2.68 bits per heavy atom. The van der Waals surface area contributed by atoms with E-state index in [1.54, 1.807) is 6.07 Å². The van der Waals surface area contributed by atoms with Crippen LogP contribution in [-0.2, 0) is 6.54 Å². The van der Waals surface area contributed by atoms with Crippen LogP contribution in [0, 0.1) is 25.2 Å². The number of hydrogen-bond acceptors (Lipinski definition) is 4. The Morgan fingerprint density at radius 2 is 2.16 bits per heavy atom. The fourth-order valence-electron chi connectivity index (χ4n) is 2.13. The van der Waals surface area contributed by atoms with E-state index >= 15 is 0 Å². The van der Waals surface area contributed by atoms with Crippen molar-refractivity contribution in [2.24, 2.45) is 0 Å². The summed E-state index contributed by atoms with van der Waals surface area (Å²) in [4.78, 5) is 0. The van der Waals surface area contributed by atoms with E-state index in [0.29, 0.717) is 18.3 Å². The zero-order valence-corrected chi connectivity index (χ0v) is 11.7. The molecule has 2 aromatic heterocycles. The molecule has 2 rings (SSSR count). The summed E-state index contributed by atoms with van der Waals surface area (Å²) < 4.78 is 7.34. The lowest BCUT2D eigenvalue weighted by Gasteiger charge is -2.09. The number of rotatable bonds is 4. The molecule has 0 saturated heterocycles. The van der Waals surface area contributed by atoms with Gasteiger partial charge < -0.3 is 9.73 Å². The van der Waals surface area contributed by atoms with Gasteiger partial charge in [0.1, 0.15) is 11.8 Å². The molecule has 100 valence electrons. The predicted molar refractivity (Wildman–Crippen MR) is 72.8 cm³/mol. The predicted octanol–water partition coefficient (Wildman–Crippen LogP) is 3.16. The Labute approximate surface area is 112 Å². The van der Waals surface area contributed by atoms with E-state index in [1.165, 1.54) is 0 Å². The first-order valence-corrected chi connectivity index (χ1v) is 6.31. The number of nitrogens with zero attached hydrogens (tertiary/aromatic N) is 3. The maximum absolute atomic E-state index is 8.71. The molecule has 1 N–H and O–H groups in total. The molecule has 0 atom stereocenters. The molecule has 0 unspecified atom stereocenters. The molecule has 0 aliphatic carbocycles. The Hall–Kier alpha value is -2.22. The third kappa shape index (κ3) is 2.63. The minimum atomic E-state index is 0.336. The van der Waals surface area contributed by atoms with Crippen molar-refractivity contribution in [2.45, 2.75) is 40.3 Å². The molecular formula is C14H18N4O. The molecule has 0 spiro atoms. The minimum Gasteiger partial charge on any atom is -0.449 e. The highest BCUT2D eigenvalue weighted by atomic mass is 16.3. The first kappa shape index (κ1) is 13.2. The number of aryl methyl sites for hydroxylation is 1. The van der Waals surface area contributed by atoms with Crippen LogP contribution in [0.4, 0.5) is 5.69 Å². The van der Waals surface area contributed by atoms with Gasteiger partial charge in [-0.05, 0) is 39.8 Å². The molecule has 5 heteroatoms. The summed E-state index contributed by atoms with van der Waals surface area (Å²) in [6, 6.07) is 5.80. The highest BCUT2D eigenvalue weighted by Gasteiger charge is 2.13. The van der Waals surface area contributed by atoms with Crippen molar-refractivity contribution in [1.29, 1.82) is 5.26 Å². The number of aromatic nitrogens is 2. The largest absolute Gasteiger partial charge is 0.449 e. The van der Waals surface area contributed by atoms with E-state index in [-0.39, 0.29) is 0 Å². The summed E-state index contributed by atoms with van der Waals surface area (Å²) >= 11 is 0. The molecule has 0 aliphatic heterocycles. The van der Waals surface area contributed by atoms with Gasteiger partial charge in [-0.2, -0.15) is 10.4 Å². The Bertz CT molecular complexity index is 616. The van der Waals surface area contributed by atoms with Crippen LogP contribution in [0.3, 0.4) is 0 Å². The number of hydrogen-bond donors (Lipinski definition) is 1. The van der Waals surface area contributed by atoms with Gasteiger partial charge in [-0.15, -0.1) is 0 Å². The molecule has 2 aromatic rings. The zero-order chi connectivity index (χ0) is 14.0. The average Bonchev–Trinajstić information content (AvgIpc) is 2.93. The Balaban J connectivity index is 2.14. The maximum atomic E-state index is 8.71. The second-order valence-corrected chi connectivity index (χ2v) is 4.82. The fourth-order valence-corrected chi connectivity index (χ4v) is 2.13. The molecule has 19 heavy (non-hydrogen) atoms. The SMILES string of the molecule is Cc1nn(C(C)C)c(C)c1NCc1ccc(C#N)o1. The van der Waals surface area contributed by atoms with Gasteiger partial charge in [0.05, 0.1) is 23.6 Å². The first-order valence-electron chi connectivity index (χ1n) is 6.31. The van der Waals surface area contributed by atoms with Crippen molar-refractivity contribution < 1.29 is 4.42 Å². The van der Waals surface area contributed by atoms with Crippen LogP contribution in [-0.4, -0.2) is 9.78 Å². The van der Waals surface area contributed by atoms with Gasteiger partial charge >= 0.3 is 0 Å². The molecule has 0 amide bonds. The van der Waals surface area contributed by atoms with Crippen LogP contribution in [0.2, 0.25) is 0 Å². The van der Waals surface area contributed by atoms with E-state index in [9.17, 15) is 0 Å². The second kappa shape index (κ2) is 5.19. The van der Waals surface area contributed by atoms with E-state index in [2.05, 4.69) is 24.3 Å². The van der Waals surface area contributed by atoms with Crippen LogP contribution < -0.4 is 5.32 Å². The van der Waals surface area contributed by atoms with Gasteiger partial charge in [0.15, 0.2) is 0 Å². The highest BCUT2D eigenvalue weighted by Crippen LogP contribution is 2.23. The lowest BCUT2D eigenvalue weighted by atomic mass is 10.3. The van der Waals surface area contributed by atoms with Crippen LogP contribution in [0.1, 0.15) is 42.8 Å². The second-order valence-electron chi connectivity index (χ2n) is 4.82. The third-order valence-electron chi connectivity index (χ3n) is 3.03. The van der Waals surface area contributed by atoms with Crippen LogP contribution in [0.5, 0.6) is 0 Å². The molecule has 2 heterocycles. The number of nitrogens with one attached hydrogen (secondary N) is 1. The summed E-state index contributed by atoms with van der Waals surface area (Å²) in [5.41, 5.74) is 3.11. The van der Waals surface area contributed by atoms with Gasteiger partial charge in [-0.3, -0.25) is 4.68 Å². The van der Waals surface area contributed by atoms with Gasteiger partial charge in [0.25, 0.3) is 0 Å². The quantitative estimate of drug-likeness (QED) is 0.914. The zero-order valence-electron chi connectivity index (χ0n) is 11.7. The van der Waals surface area contributed by atoms with Crippen LogP contribution in [0.15, 0.2) is 16.5 Å². The Kier molecular flexibility index (Phi) is 3.61. The molecule has 0 saturated carbocycles. The summed E-state index contributed by atoms with van der Waals surface area (Å²) in [7, 11) is 0. The standard InChI is InChI=1S/C14H18N4O/c1-9(2)18-11(4)14(10(3)17-18)16-8-13-6-5-12(7-15)19-13/h5-6,9,16H,8H2,1-4H3. The third-order valence-corrected chi connectivity index (χ3v) is 3.03. The summed E-state index contributed by atoms with van der Waals surface area (Å²) in [6.07, 6.45) is 0. The molecule has 0 radical (unpaired) electrons. The maximum Gasteiger partial charge on any atom is 0.203 e. The number of furan rings is 1. The summed E-state index contributed by atoms with van der Waals surface area (Å²) in [6.45, 7) is 8.79. The smallest absolute Gasteiger partial charge is 0.203 e. The van der Waals surface area contributed by atoms with Crippen molar-refractivity contribution in [3.63, 3.8) is 0 Å². The first-order chi connectivity index (χ1) is 9.02. The minimum absolute atomic E-state index is 0.336. The van der Waals surface area contributed by atoms with Gasteiger partial charge in [0, 0.05) is 6.04 Å². The highest BCUT2D eigenvalue weighted by molar-refractivity contribution is 5.52. The van der Waals surface area contributed by atoms with E-state index in [4.69, 9.17) is 9.68 Å². The molecular weight excluding hydrogens is 240 g/mol. The van der Waals surface area contributed by atoms with E-state index in [0.717, 1.165) is 22.8 Å². The lowest BCUT2D eigenvalue weighted by molar-refractivity contribution is 0.505. The van der Waals surface area contributed by atoms with Crippen molar-refractivity contribution in [2.75, 3.05) is 5.32 Å². The average molecular weight is 258 g/mol. The van der Waals surface area contributed by atoms with Crippen molar-refractivity contribution in [1.82, 2.24) is 9.78 Å². The van der Waals surface area contributed by atoms with Gasteiger partial charge in [0.2, 0.25) is 5.76 Å². The lowest BCUT2D eigenvalue weighted by Crippen LogP contribution is -2.06. The van der Waals surface area contributed by atoms with E-state index < -0.39 is 0 Å². The summed E-state index contributed by atoms with van der Waals surface area (Å²) in [5.74, 6) is 1.08. The molecule has 0 aliphatic rings. The van der Waals surface area contributed by atoms with Crippen molar-refractivity contribution in [3.05, 3.63) is 35.0 Å². The Morgan fingerprint density at radius 1 is 1.42 bits per heavy atom. The molecule has 0 bridgehead atoms. The molecule has 0 fully saturated rings. The molecule has 5 nitrogen and oxygen atoms in total. The van der Waals surface area contributed by atoms with Crippen LogP contribution >= 0.6 is 0 Å². The van der Waals surface area contributed by atoms with Crippen molar-refractivity contribution in [3.8, 4) is 6.07 Å². The fraction of sp³-hybridized carbons (Fsp3) is 0.429. The van der Waals surface area contributed by atoms with Gasteiger partial charge in [-0.1, -0.05) is 0 Å². The van der Waals surface area contributed by atoms with Gasteiger partial charge in [-0.25, -0.2) is 0 Å². The van der Waals surface area contributed by atoms with Crippen LogP contribution in [0.25, 0.3) is 0 Å². The molecule has 0 aromatic carbocycles. The summed E-state index contributed by atoms with van der Waals surface area (Å²) in [5, 5.41) is 16.5. The normalized spacial score (nSPS) is 10.7.